The number of para-hydroxylation sites is 2. The number of hydrogen-bond donors (Lipinski definition) is 2. The molecule has 2 aromatic rings. The zero-order valence-corrected chi connectivity index (χ0v) is 17.7. The van der Waals surface area contributed by atoms with Gasteiger partial charge in [0.25, 0.3) is 5.91 Å². The molecule has 3 heterocycles. The minimum Gasteiger partial charge on any atom is -0.388 e. The third-order valence-electron chi connectivity index (χ3n) is 7.12. The van der Waals surface area contributed by atoms with Gasteiger partial charge in [-0.25, -0.2) is 4.98 Å². The van der Waals surface area contributed by atoms with E-state index in [2.05, 4.69) is 10.3 Å². The van der Waals surface area contributed by atoms with Crippen LogP contribution in [0.3, 0.4) is 0 Å². The predicted octanol–water partition coefficient (Wildman–Crippen LogP) is 1.45. The van der Waals surface area contributed by atoms with Crippen molar-refractivity contribution in [3.63, 3.8) is 0 Å². The molecule has 3 aliphatic rings. The first-order chi connectivity index (χ1) is 15.1. The first kappa shape index (κ1) is 20.5. The monoisotopic (exact) mass is 426 g/mol. The van der Waals surface area contributed by atoms with Crippen LogP contribution >= 0.6 is 0 Å². The molecule has 5 rings (SSSR count). The van der Waals surface area contributed by atoms with Gasteiger partial charge in [0.15, 0.2) is 0 Å². The zero-order chi connectivity index (χ0) is 21.4. The SMILES string of the molecule is O=C(CCn1c(CO)nc2ccccc21)NC1[C@@H]2CC[C@H]1CN(C(=O)[C@@H]1CCCO1)C2. The van der Waals surface area contributed by atoms with Crippen LogP contribution in [0.15, 0.2) is 24.3 Å². The minimum absolute atomic E-state index is 0.0162. The number of rotatable bonds is 6. The van der Waals surface area contributed by atoms with Gasteiger partial charge < -0.3 is 24.6 Å². The molecule has 8 nitrogen and oxygen atoms in total. The Bertz CT molecular complexity index is 954. The number of likely N-dealkylation sites (tertiary alicyclic amines) is 1. The van der Waals surface area contributed by atoms with Crippen LogP contribution in [0.2, 0.25) is 0 Å². The Balaban J connectivity index is 1.19. The molecule has 1 unspecified atom stereocenters. The molecule has 31 heavy (non-hydrogen) atoms. The fourth-order valence-electron chi connectivity index (χ4n) is 5.58. The first-order valence-electron chi connectivity index (χ1n) is 11.4. The van der Waals surface area contributed by atoms with Gasteiger partial charge in [-0.1, -0.05) is 12.1 Å². The molecular weight excluding hydrogens is 396 g/mol. The van der Waals surface area contributed by atoms with E-state index in [4.69, 9.17) is 4.74 Å². The molecule has 1 aromatic carbocycles. The van der Waals surface area contributed by atoms with E-state index in [9.17, 15) is 14.7 Å². The summed E-state index contributed by atoms with van der Waals surface area (Å²) in [5.74, 6) is 1.35. The van der Waals surface area contributed by atoms with Gasteiger partial charge in [-0.2, -0.15) is 0 Å². The third kappa shape index (κ3) is 3.94. The predicted molar refractivity (Wildman–Crippen MR) is 114 cm³/mol. The Morgan fingerprint density at radius 3 is 2.65 bits per heavy atom. The summed E-state index contributed by atoms with van der Waals surface area (Å²) in [6, 6.07) is 7.86. The van der Waals surface area contributed by atoms with Crippen molar-refractivity contribution in [2.75, 3.05) is 19.7 Å². The minimum atomic E-state index is -0.267. The number of imidazole rings is 1. The van der Waals surface area contributed by atoms with Crippen molar-refractivity contribution in [1.82, 2.24) is 19.8 Å². The fourth-order valence-corrected chi connectivity index (χ4v) is 5.58. The van der Waals surface area contributed by atoms with E-state index in [0.29, 0.717) is 50.3 Å². The number of nitrogens with one attached hydrogen (secondary N) is 1. The van der Waals surface area contributed by atoms with Crippen LogP contribution in [-0.2, 0) is 27.5 Å². The summed E-state index contributed by atoms with van der Waals surface area (Å²) in [4.78, 5) is 31.9. The van der Waals surface area contributed by atoms with Crippen molar-refractivity contribution in [3.05, 3.63) is 30.1 Å². The maximum absolute atomic E-state index is 12.8. The molecule has 1 saturated carbocycles. The Morgan fingerprint density at radius 2 is 1.94 bits per heavy atom. The molecule has 3 fully saturated rings. The Kier molecular flexibility index (Phi) is 5.67. The number of aromatic nitrogens is 2. The van der Waals surface area contributed by atoms with Gasteiger partial charge in [-0.3, -0.25) is 9.59 Å². The number of nitrogens with zero attached hydrogens (tertiary/aromatic N) is 3. The van der Waals surface area contributed by atoms with Crippen LogP contribution in [0, 0.1) is 11.8 Å². The molecule has 2 aliphatic heterocycles. The number of amides is 2. The smallest absolute Gasteiger partial charge is 0.251 e. The Hall–Kier alpha value is -2.45. The van der Waals surface area contributed by atoms with Gasteiger partial charge in [0.2, 0.25) is 5.91 Å². The number of piperidine rings is 1. The number of carbonyl (C=O) groups is 2. The molecule has 166 valence electrons. The maximum Gasteiger partial charge on any atom is 0.251 e. The molecule has 2 N–H and O–H groups in total. The van der Waals surface area contributed by atoms with Crippen LogP contribution in [0.1, 0.15) is 37.9 Å². The number of fused-ring (bicyclic) bond motifs is 3. The van der Waals surface area contributed by atoms with Crippen LogP contribution in [0.4, 0.5) is 0 Å². The normalized spacial score (nSPS) is 27.7. The second kappa shape index (κ2) is 8.59. The van der Waals surface area contributed by atoms with Crippen molar-refractivity contribution < 1.29 is 19.4 Å². The number of ether oxygens (including phenoxy) is 1. The van der Waals surface area contributed by atoms with Crippen LogP contribution in [-0.4, -0.2) is 63.2 Å². The number of carbonyl (C=O) groups excluding carboxylic acids is 2. The van der Waals surface area contributed by atoms with Gasteiger partial charge in [-0.05, 0) is 49.7 Å². The highest BCUT2D eigenvalue weighted by molar-refractivity contribution is 5.81. The summed E-state index contributed by atoms with van der Waals surface area (Å²) in [7, 11) is 0. The van der Waals surface area contributed by atoms with Crippen LogP contribution < -0.4 is 5.32 Å². The molecular formula is C23H30N4O4. The average molecular weight is 427 g/mol. The number of aryl methyl sites for hydroxylation is 1. The molecule has 1 aliphatic carbocycles. The van der Waals surface area contributed by atoms with E-state index < -0.39 is 0 Å². The summed E-state index contributed by atoms with van der Waals surface area (Å²) >= 11 is 0. The van der Waals surface area contributed by atoms with Gasteiger partial charge in [0.05, 0.1) is 11.0 Å². The molecule has 2 amide bonds. The lowest BCUT2D eigenvalue weighted by atomic mass is 9.91. The summed E-state index contributed by atoms with van der Waals surface area (Å²) in [6.07, 6.45) is 3.94. The van der Waals surface area contributed by atoms with Crippen molar-refractivity contribution >= 4 is 22.8 Å². The van der Waals surface area contributed by atoms with E-state index in [-0.39, 0.29) is 30.6 Å². The molecule has 2 saturated heterocycles. The van der Waals surface area contributed by atoms with Crippen LogP contribution in [0.25, 0.3) is 11.0 Å². The van der Waals surface area contributed by atoms with E-state index in [1.165, 1.54) is 0 Å². The van der Waals surface area contributed by atoms with E-state index >= 15 is 0 Å². The lowest BCUT2D eigenvalue weighted by Gasteiger charge is -2.39. The topological polar surface area (TPSA) is 96.7 Å². The molecule has 0 radical (unpaired) electrons. The van der Waals surface area contributed by atoms with E-state index in [1.807, 2.05) is 33.7 Å². The van der Waals surface area contributed by atoms with Crippen LogP contribution in [0.5, 0.6) is 0 Å². The van der Waals surface area contributed by atoms with Gasteiger partial charge in [0, 0.05) is 38.7 Å². The first-order valence-corrected chi connectivity index (χ1v) is 11.4. The Morgan fingerprint density at radius 1 is 1.16 bits per heavy atom. The van der Waals surface area contributed by atoms with E-state index in [0.717, 1.165) is 36.7 Å². The van der Waals surface area contributed by atoms with Crippen molar-refractivity contribution in [3.8, 4) is 0 Å². The molecule has 0 spiro atoms. The average Bonchev–Trinajstić information content (AvgIpc) is 3.48. The quantitative estimate of drug-likeness (QED) is 0.729. The highest BCUT2D eigenvalue weighted by Gasteiger charge is 2.45. The summed E-state index contributed by atoms with van der Waals surface area (Å²) in [5, 5.41) is 12.9. The van der Waals surface area contributed by atoms with Gasteiger partial charge in [0.1, 0.15) is 18.5 Å². The standard InChI is InChI=1S/C23H30N4O4/c28-14-20-24-17-4-1-2-5-18(17)27(20)10-9-21(29)25-22-15-7-8-16(22)13-26(12-15)23(30)19-6-3-11-31-19/h1-2,4-5,15-16,19,22,28H,3,6-14H2,(H,25,29)/t15-,16+,19-,22?/m0/s1. The molecule has 4 atom stereocenters. The highest BCUT2D eigenvalue weighted by Crippen LogP contribution is 2.37. The zero-order valence-electron chi connectivity index (χ0n) is 17.7. The summed E-state index contributed by atoms with van der Waals surface area (Å²) in [6.45, 7) is 2.42. The van der Waals surface area contributed by atoms with Crippen molar-refractivity contribution in [2.24, 2.45) is 11.8 Å². The fraction of sp³-hybridized carbons (Fsp3) is 0.609. The van der Waals surface area contributed by atoms with E-state index in [1.54, 1.807) is 0 Å². The lowest BCUT2D eigenvalue weighted by Crippen LogP contribution is -2.55. The summed E-state index contributed by atoms with van der Waals surface area (Å²) in [5.41, 5.74) is 1.76. The molecule has 2 bridgehead atoms. The molecule has 1 aromatic heterocycles. The lowest BCUT2D eigenvalue weighted by molar-refractivity contribution is -0.143. The van der Waals surface area contributed by atoms with Gasteiger partial charge in [-0.15, -0.1) is 0 Å². The van der Waals surface area contributed by atoms with Crippen molar-refractivity contribution in [1.29, 1.82) is 0 Å². The maximum atomic E-state index is 12.8. The second-order valence-electron chi connectivity index (χ2n) is 9.01. The van der Waals surface area contributed by atoms with Gasteiger partial charge >= 0.3 is 0 Å². The number of aliphatic hydroxyl groups excluding tert-OH is 1. The number of hydrogen-bond acceptors (Lipinski definition) is 5. The second-order valence-corrected chi connectivity index (χ2v) is 9.01. The number of benzene rings is 1. The third-order valence-corrected chi connectivity index (χ3v) is 7.12. The van der Waals surface area contributed by atoms with Crippen molar-refractivity contribution in [2.45, 2.75) is 57.4 Å². The largest absolute Gasteiger partial charge is 0.388 e. The number of aliphatic hydroxyl groups is 1. The summed E-state index contributed by atoms with van der Waals surface area (Å²) < 4.78 is 7.50. The Labute approximate surface area is 181 Å². The molecule has 8 heteroatoms. The highest BCUT2D eigenvalue weighted by atomic mass is 16.5.